The molecule has 76 valence electrons. The lowest BCUT2D eigenvalue weighted by Crippen LogP contribution is -2.02. The molecule has 1 aromatic carbocycles. The highest BCUT2D eigenvalue weighted by atomic mass is 16.4. The highest BCUT2D eigenvalue weighted by Crippen LogP contribution is 2.22. The lowest BCUT2D eigenvalue weighted by molar-refractivity contribution is 0.0696. The van der Waals surface area contributed by atoms with Gasteiger partial charge in [0.15, 0.2) is 0 Å². The lowest BCUT2D eigenvalue weighted by atomic mass is 9.96. The summed E-state index contributed by atoms with van der Waals surface area (Å²) in [5, 5.41) is 8.97. The van der Waals surface area contributed by atoms with Crippen molar-refractivity contribution in [2.45, 2.75) is 0 Å². The third kappa shape index (κ3) is 1.89. The molecule has 0 heterocycles. The van der Waals surface area contributed by atoms with Crippen LogP contribution in [0.4, 0.5) is 0 Å². The summed E-state index contributed by atoms with van der Waals surface area (Å²) in [4.78, 5) is 10.9. The molecule has 0 unspecified atom stereocenters. The van der Waals surface area contributed by atoms with Gasteiger partial charge in [-0.05, 0) is 22.8 Å². The molecule has 0 saturated heterocycles. The standard InChI is InChI=1S/C13H12O2/c1-4-9-7-8-12(13(14)15)11(6-3)10(9)5-2/h4-8H,1-3H2,(H,14,15). The van der Waals surface area contributed by atoms with E-state index in [0.717, 1.165) is 11.1 Å². The van der Waals surface area contributed by atoms with Crippen molar-refractivity contribution in [1.82, 2.24) is 0 Å². The van der Waals surface area contributed by atoms with Crippen LogP contribution in [0.1, 0.15) is 27.0 Å². The van der Waals surface area contributed by atoms with Gasteiger partial charge in [0.05, 0.1) is 5.56 Å². The van der Waals surface area contributed by atoms with Crippen LogP contribution in [-0.2, 0) is 0 Å². The minimum Gasteiger partial charge on any atom is -0.478 e. The fourth-order valence-corrected chi connectivity index (χ4v) is 1.47. The fourth-order valence-electron chi connectivity index (χ4n) is 1.47. The van der Waals surface area contributed by atoms with Crippen LogP contribution in [0.5, 0.6) is 0 Å². The molecular formula is C13H12O2. The van der Waals surface area contributed by atoms with Gasteiger partial charge >= 0.3 is 5.97 Å². The number of carbonyl (C=O) groups is 1. The van der Waals surface area contributed by atoms with Crippen LogP contribution in [0.3, 0.4) is 0 Å². The second kappa shape index (κ2) is 4.42. The summed E-state index contributed by atoms with van der Waals surface area (Å²) in [7, 11) is 0. The van der Waals surface area contributed by atoms with Crippen LogP contribution < -0.4 is 0 Å². The van der Waals surface area contributed by atoms with Gasteiger partial charge in [-0.2, -0.15) is 0 Å². The Morgan fingerprint density at radius 1 is 1.07 bits per heavy atom. The summed E-state index contributed by atoms with van der Waals surface area (Å²) >= 11 is 0. The summed E-state index contributed by atoms with van der Waals surface area (Å²) < 4.78 is 0. The number of carboxylic acid groups (broad SMARTS) is 1. The fraction of sp³-hybridized carbons (Fsp3) is 0. The lowest BCUT2D eigenvalue weighted by Gasteiger charge is -2.08. The highest BCUT2D eigenvalue weighted by Gasteiger charge is 2.12. The van der Waals surface area contributed by atoms with Crippen molar-refractivity contribution >= 4 is 24.2 Å². The summed E-state index contributed by atoms with van der Waals surface area (Å²) in [5.74, 6) is -0.969. The Hall–Kier alpha value is -2.09. The zero-order valence-corrected chi connectivity index (χ0v) is 8.36. The summed E-state index contributed by atoms with van der Waals surface area (Å²) in [5.41, 5.74) is 2.41. The molecule has 15 heavy (non-hydrogen) atoms. The Kier molecular flexibility index (Phi) is 3.24. The van der Waals surface area contributed by atoms with Crippen LogP contribution in [0.2, 0.25) is 0 Å². The van der Waals surface area contributed by atoms with Crippen LogP contribution in [0.25, 0.3) is 18.2 Å². The Morgan fingerprint density at radius 3 is 2.07 bits per heavy atom. The van der Waals surface area contributed by atoms with Gasteiger partial charge in [-0.3, -0.25) is 0 Å². The number of hydrogen-bond acceptors (Lipinski definition) is 1. The van der Waals surface area contributed by atoms with Crippen molar-refractivity contribution in [2.24, 2.45) is 0 Å². The van der Waals surface area contributed by atoms with Gasteiger partial charge in [-0.1, -0.05) is 44.0 Å². The predicted octanol–water partition coefficient (Wildman–Crippen LogP) is 3.31. The maximum absolute atomic E-state index is 10.9. The molecule has 0 aromatic heterocycles. The molecule has 0 fully saturated rings. The van der Waals surface area contributed by atoms with E-state index in [4.69, 9.17) is 5.11 Å². The molecule has 0 atom stereocenters. The molecular weight excluding hydrogens is 188 g/mol. The first kappa shape index (κ1) is 11.0. The van der Waals surface area contributed by atoms with Crippen molar-refractivity contribution in [2.75, 3.05) is 0 Å². The van der Waals surface area contributed by atoms with Crippen molar-refractivity contribution in [3.63, 3.8) is 0 Å². The zero-order valence-electron chi connectivity index (χ0n) is 8.36. The third-order valence-corrected chi connectivity index (χ3v) is 2.18. The molecule has 0 aliphatic rings. The van der Waals surface area contributed by atoms with Crippen LogP contribution >= 0.6 is 0 Å². The van der Waals surface area contributed by atoms with Crippen molar-refractivity contribution in [1.29, 1.82) is 0 Å². The second-order valence-corrected chi connectivity index (χ2v) is 2.95. The number of aromatic carboxylic acids is 1. The number of carboxylic acids is 1. The van der Waals surface area contributed by atoms with Gasteiger partial charge in [-0.25, -0.2) is 4.79 Å². The largest absolute Gasteiger partial charge is 0.478 e. The zero-order chi connectivity index (χ0) is 11.4. The first-order chi connectivity index (χ1) is 7.15. The molecule has 0 aliphatic heterocycles. The molecule has 0 aliphatic carbocycles. The van der Waals surface area contributed by atoms with Gasteiger partial charge in [0.25, 0.3) is 0 Å². The van der Waals surface area contributed by atoms with Gasteiger partial charge < -0.3 is 5.11 Å². The molecule has 2 nitrogen and oxygen atoms in total. The van der Waals surface area contributed by atoms with Gasteiger partial charge in [0.2, 0.25) is 0 Å². The maximum Gasteiger partial charge on any atom is 0.336 e. The first-order valence-corrected chi connectivity index (χ1v) is 4.43. The van der Waals surface area contributed by atoms with E-state index < -0.39 is 5.97 Å². The molecule has 2 heteroatoms. The molecule has 0 bridgehead atoms. The third-order valence-electron chi connectivity index (χ3n) is 2.18. The van der Waals surface area contributed by atoms with Gasteiger partial charge in [-0.15, -0.1) is 0 Å². The predicted molar refractivity (Wildman–Crippen MR) is 63.7 cm³/mol. The Bertz CT molecular complexity index is 442. The molecule has 0 radical (unpaired) electrons. The van der Waals surface area contributed by atoms with E-state index in [9.17, 15) is 4.79 Å². The maximum atomic E-state index is 10.9. The van der Waals surface area contributed by atoms with E-state index in [1.807, 2.05) is 0 Å². The van der Waals surface area contributed by atoms with Crippen molar-refractivity contribution in [3.8, 4) is 0 Å². The molecule has 1 rings (SSSR count). The Morgan fingerprint density at radius 2 is 1.67 bits per heavy atom. The SMILES string of the molecule is C=Cc1ccc(C(=O)O)c(C=C)c1C=C. The number of benzene rings is 1. The van der Waals surface area contributed by atoms with E-state index in [-0.39, 0.29) is 5.56 Å². The minimum atomic E-state index is -0.969. The number of rotatable bonds is 4. The Balaban J connectivity index is 3.61. The summed E-state index contributed by atoms with van der Waals surface area (Å²) in [6.45, 7) is 10.9. The highest BCUT2D eigenvalue weighted by molar-refractivity contribution is 5.95. The normalized spacial score (nSPS) is 9.33. The quantitative estimate of drug-likeness (QED) is 0.809. The topological polar surface area (TPSA) is 37.3 Å². The van der Waals surface area contributed by atoms with Gasteiger partial charge in [0.1, 0.15) is 0 Å². The van der Waals surface area contributed by atoms with Crippen LogP contribution in [0.15, 0.2) is 31.9 Å². The van der Waals surface area contributed by atoms with Gasteiger partial charge in [0, 0.05) is 0 Å². The number of hydrogen-bond donors (Lipinski definition) is 1. The first-order valence-electron chi connectivity index (χ1n) is 4.43. The Labute approximate surface area is 88.9 Å². The van der Waals surface area contributed by atoms with Crippen LogP contribution in [-0.4, -0.2) is 11.1 Å². The van der Waals surface area contributed by atoms with Crippen molar-refractivity contribution in [3.05, 3.63) is 54.1 Å². The molecule has 0 saturated carbocycles. The van der Waals surface area contributed by atoms with E-state index in [1.165, 1.54) is 6.08 Å². The molecule has 1 aromatic rings. The smallest absolute Gasteiger partial charge is 0.336 e. The molecule has 1 N–H and O–H groups in total. The van der Waals surface area contributed by atoms with E-state index in [2.05, 4.69) is 19.7 Å². The van der Waals surface area contributed by atoms with E-state index >= 15 is 0 Å². The second-order valence-electron chi connectivity index (χ2n) is 2.95. The van der Waals surface area contributed by atoms with E-state index in [1.54, 1.807) is 24.3 Å². The summed E-state index contributed by atoms with van der Waals surface area (Å²) in [6, 6.07) is 3.25. The minimum absolute atomic E-state index is 0.227. The van der Waals surface area contributed by atoms with E-state index in [0.29, 0.717) is 5.56 Å². The van der Waals surface area contributed by atoms with Crippen LogP contribution in [0, 0.1) is 0 Å². The van der Waals surface area contributed by atoms with Crippen molar-refractivity contribution < 1.29 is 9.90 Å². The average molecular weight is 200 g/mol. The molecule has 0 amide bonds. The summed E-state index contributed by atoms with van der Waals surface area (Å²) in [6.07, 6.45) is 4.80. The average Bonchev–Trinajstić information content (AvgIpc) is 2.26. The molecule has 0 spiro atoms. The monoisotopic (exact) mass is 200 g/mol.